The Bertz CT molecular complexity index is 659. The highest BCUT2D eigenvalue weighted by atomic mass is 19.4. The van der Waals surface area contributed by atoms with E-state index in [0.717, 1.165) is 7.11 Å². The van der Waals surface area contributed by atoms with Crippen LogP contribution >= 0.6 is 0 Å². The molecule has 0 spiro atoms. The monoisotopic (exact) mass is 383 g/mol. The first-order valence-corrected chi connectivity index (χ1v) is 7.37. The second kappa shape index (κ2) is 7.88. The van der Waals surface area contributed by atoms with Crippen LogP contribution in [0.25, 0.3) is 0 Å². The number of alkyl carbamates (subject to hydrolysis) is 1. The Balaban J connectivity index is 3.06. The molecule has 0 aliphatic carbocycles. The van der Waals surface area contributed by atoms with Crippen LogP contribution in [0.1, 0.15) is 31.9 Å². The van der Waals surface area contributed by atoms with Crippen molar-refractivity contribution >= 4 is 12.1 Å². The number of halogens is 5. The average molecular weight is 383 g/mol. The predicted octanol–water partition coefficient (Wildman–Crippen LogP) is 3.59. The number of methoxy groups -OCH3 is 1. The number of amides is 1. The van der Waals surface area contributed by atoms with Gasteiger partial charge in [0.05, 0.1) is 7.11 Å². The zero-order chi connectivity index (χ0) is 20.3. The van der Waals surface area contributed by atoms with E-state index in [1.807, 2.05) is 0 Å². The van der Waals surface area contributed by atoms with Gasteiger partial charge in [0, 0.05) is 6.42 Å². The van der Waals surface area contributed by atoms with Crippen LogP contribution in [0.4, 0.5) is 26.7 Å². The molecule has 0 fully saturated rings. The van der Waals surface area contributed by atoms with Gasteiger partial charge in [-0.3, -0.25) is 0 Å². The number of hydrogen-bond donors (Lipinski definition) is 1. The summed E-state index contributed by atoms with van der Waals surface area (Å²) in [5, 5.41) is 2.15. The molecule has 0 aliphatic heterocycles. The first kappa shape index (κ1) is 21.7. The Labute approximate surface area is 146 Å². The summed E-state index contributed by atoms with van der Waals surface area (Å²) >= 11 is 0. The van der Waals surface area contributed by atoms with Crippen molar-refractivity contribution in [2.24, 2.45) is 0 Å². The second-order valence-corrected chi connectivity index (χ2v) is 6.36. The van der Waals surface area contributed by atoms with Crippen molar-refractivity contribution in [3.8, 4) is 0 Å². The molecule has 1 aromatic carbocycles. The molecule has 0 aromatic heterocycles. The molecule has 146 valence electrons. The van der Waals surface area contributed by atoms with Gasteiger partial charge in [-0.15, -0.1) is 0 Å². The van der Waals surface area contributed by atoms with E-state index < -0.39 is 53.5 Å². The Hall–Kier alpha value is -2.39. The maximum atomic E-state index is 13.6. The van der Waals surface area contributed by atoms with E-state index in [1.165, 1.54) is 0 Å². The standard InChI is InChI=1S/C16H18F5NO4/c1-15(2,3)26-14(24)22-11(13(23)25-4)7-8-5-9(17)12(10(18)6-8)16(19,20)21/h5-6,11H,7H2,1-4H3,(H,22,24). The van der Waals surface area contributed by atoms with Crippen molar-refractivity contribution in [2.45, 2.75) is 45.0 Å². The first-order valence-electron chi connectivity index (χ1n) is 7.37. The van der Waals surface area contributed by atoms with Crippen LogP contribution in [0.15, 0.2) is 12.1 Å². The lowest BCUT2D eigenvalue weighted by molar-refractivity contribution is -0.144. The molecule has 1 aromatic rings. The van der Waals surface area contributed by atoms with Gasteiger partial charge in [-0.25, -0.2) is 18.4 Å². The molecule has 0 saturated heterocycles. The molecule has 0 saturated carbocycles. The van der Waals surface area contributed by atoms with E-state index in [1.54, 1.807) is 20.8 Å². The number of carbonyl (C=O) groups excluding carboxylic acids is 2. The smallest absolute Gasteiger partial charge is 0.422 e. The third kappa shape index (κ3) is 6.16. The molecule has 26 heavy (non-hydrogen) atoms. The molecule has 1 amide bonds. The summed E-state index contributed by atoms with van der Waals surface area (Å²) in [6.45, 7) is 4.71. The van der Waals surface area contributed by atoms with E-state index in [-0.39, 0.29) is 5.56 Å². The predicted molar refractivity (Wildman–Crippen MR) is 80.2 cm³/mol. The maximum absolute atomic E-state index is 13.6. The highest BCUT2D eigenvalue weighted by Gasteiger charge is 2.38. The number of rotatable bonds is 4. The molecule has 10 heteroatoms. The summed E-state index contributed by atoms with van der Waals surface area (Å²) in [6, 6.07) is -0.526. The summed E-state index contributed by atoms with van der Waals surface area (Å²) < 4.78 is 74.5. The quantitative estimate of drug-likeness (QED) is 0.638. The van der Waals surface area contributed by atoms with Gasteiger partial charge in [-0.05, 0) is 38.5 Å². The zero-order valence-corrected chi connectivity index (χ0v) is 14.5. The van der Waals surface area contributed by atoms with E-state index in [2.05, 4.69) is 10.1 Å². The topological polar surface area (TPSA) is 64.6 Å². The molecule has 0 heterocycles. The molecule has 1 rings (SSSR count). The van der Waals surface area contributed by atoms with E-state index >= 15 is 0 Å². The molecule has 0 radical (unpaired) electrons. The fourth-order valence-electron chi connectivity index (χ4n) is 2.04. The molecule has 5 nitrogen and oxygen atoms in total. The van der Waals surface area contributed by atoms with Gasteiger partial charge < -0.3 is 14.8 Å². The van der Waals surface area contributed by atoms with Crippen molar-refractivity contribution in [2.75, 3.05) is 7.11 Å². The summed E-state index contributed by atoms with van der Waals surface area (Å²) in [7, 11) is 1.01. The summed E-state index contributed by atoms with van der Waals surface area (Å²) in [4.78, 5) is 23.5. The van der Waals surface area contributed by atoms with Gasteiger partial charge in [0.25, 0.3) is 0 Å². The third-order valence-corrected chi connectivity index (χ3v) is 3.00. The van der Waals surface area contributed by atoms with Crippen LogP contribution in [0.3, 0.4) is 0 Å². The van der Waals surface area contributed by atoms with Crippen LogP contribution in [0.2, 0.25) is 0 Å². The van der Waals surface area contributed by atoms with Gasteiger partial charge in [0.15, 0.2) is 0 Å². The number of ether oxygens (including phenoxy) is 2. The molecular formula is C16H18F5NO4. The summed E-state index contributed by atoms with van der Waals surface area (Å²) in [6.07, 6.45) is -6.71. The van der Waals surface area contributed by atoms with Gasteiger partial charge in [-0.1, -0.05) is 0 Å². The van der Waals surface area contributed by atoms with Crippen LogP contribution in [0, 0.1) is 11.6 Å². The number of carbonyl (C=O) groups is 2. The lowest BCUT2D eigenvalue weighted by Gasteiger charge is -2.22. The van der Waals surface area contributed by atoms with Crippen molar-refractivity contribution in [1.29, 1.82) is 0 Å². The highest BCUT2D eigenvalue weighted by molar-refractivity contribution is 5.81. The van der Waals surface area contributed by atoms with Gasteiger partial charge >= 0.3 is 18.2 Å². The van der Waals surface area contributed by atoms with E-state index in [9.17, 15) is 31.5 Å². The summed E-state index contributed by atoms with van der Waals surface area (Å²) in [5.41, 5.74) is -3.19. The van der Waals surface area contributed by atoms with Gasteiger partial charge in [0.2, 0.25) is 0 Å². The number of alkyl halides is 3. The Morgan fingerprint density at radius 3 is 2.00 bits per heavy atom. The zero-order valence-electron chi connectivity index (χ0n) is 14.5. The maximum Gasteiger partial charge on any atom is 0.422 e. The molecule has 1 atom stereocenters. The minimum absolute atomic E-state index is 0.278. The highest BCUT2D eigenvalue weighted by Crippen LogP contribution is 2.34. The molecule has 1 unspecified atom stereocenters. The number of esters is 1. The Morgan fingerprint density at radius 2 is 1.62 bits per heavy atom. The van der Waals surface area contributed by atoms with Crippen LogP contribution in [0.5, 0.6) is 0 Å². The van der Waals surface area contributed by atoms with Crippen LogP contribution in [-0.2, 0) is 26.9 Å². The lowest BCUT2D eigenvalue weighted by Crippen LogP contribution is -2.45. The Kier molecular flexibility index (Phi) is 6.56. The van der Waals surface area contributed by atoms with Crippen molar-refractivity contribution in [3.63, 3.8) is 0 Å². The average Bonchev–Trinajstić information content (AvgIpc) is 2.41. The molecule has 1 N–H and O–H groups in total. The largest absolute Gasteiger partial charge is 0.467 e. The number of hydrogen-bond acceptors (Lipinski definition) is 4. The molecular weight excluding hydrogens is 365 g/mol. The van der Waals surface area contributed by atoms with Crippen LogP contribution in [-0.4, -0.2) is 30.8 Å². The van der Waals surface area contributed by atoms with E-state index in [4.69, 9.17) is 4.74 Å². The third-order valence-electron chi connectivity index (χ3n) is 3.00. The molecule has 0 bridgehead atoms. The van der Waals surface area contributed by atoms with Crippen molar-refractivity contribution in [1.82, 2.24) is 5.32 Å². The molecule has 0 aliphatic rings. The van der Waals surface area contributed by atoms with Crippen molar-refractivity contribution < 1.29 is 41.0 Å². The van der Waals surface area contributed by atoms with Crippen molar-refractivity contribution in [3.05, 3.63) is 34.9 Å². The Morgan fingerprint density at radius 1 is 1.12 bits per heavy atom. The minimum atomic E-state index is -5.21. The first-order chi connectivity index (χ1) is 11.7. The fourth-order valence-corrected chi connectivity index (χ4v) is 2.04. The second-order valence-electron chi connectivity index (χ2n) is 6.36. The number of nitrogens with one attached hydrogen (secondary N) is 1. The SMILES string of the molecule is COC(=O)C(Cc1cc(F)c(C(F)(F)F)c(F)c1)NC(=O)OC(C)(C)C. The van der Waals surface area contributed by atoms with E-state index in [0.29, 0.717) is 12.1 Å². The fraction of sp³-hybridized carbons (Fsp3) is 0.500. The normalized spacial score (nSPS) is 13.1. The minimum Gasteiger partial charge on any atom is -0.467 e. The van der Waals surface area contributed by atoms with Crippen LogP contribution < -0.4 is 5.32 Å². The lowest BCUT2D eigenvalue weighted by atomic mass is 10.0. The number of benzene rings is 1. The summed E-state index contributed by atoms with van der Waals surface area (Å²) in [5.74, 6) is -4.61. The van der Waals surface area contributed by atoms with Gasteiger partial charge in [-0.2, -0.15) is 13.2 Å². The van der Waals surface area contributed by atoms with Gasteiger partial charge in [0.1, 0.15) is 28.8 Å².